The number of hydrogen-bond acceptors (Lipinski definition) is 7. The highest BCUT2D eigenvalue weighted by Gasteiger charge is 2.29. The van der Waals surface area contributed by atoms with Crippen molar-refractivity contribution in [1.82, 2.24) is 19.7 Å². The molecule has 1 atom stereocenters. The topological polar surface area (TPSA) is 133 Å². The van der Waals surface area contributed by atoms with Crippen LogP contribution in [0.15, 0.2) is 59.9 Å². The fourth-order valence-corrected chi connectivity index (χ4v) is 4.62. The van der Waals surface area contributed by atoms with Gasteiger partial charge in [-0.1, -0.05) is 11.6 Å². The number of rotatable bonds is 6. The standard InChI is InChI=1S/C25H15ClF3N5O4S/c1-39(37)19-8-17(33-34(19)13-4-2-12(27)3-5-13)25(36)38-18-7-16(30)21(28)20(22(18)29)23(35)15-10-32-24-14(15)6-11(26)9-31-24/h2-10H,30H2,1H3,(H,31,32). The molecule has 0 saturated heterocycles. The van der Waals surface area contributed by atoms with Crippen molar-refractivity contribution >= 4 is 50.9 Å². The highest BCUT2D eigenvalue weighted by atomic mass is 35.5. The Balaban J connectivity index is 1.52. The van der Waals surface area contributed by atoms with E-state index in [1.807, 2.05) is 0 Å². The lowest BCUT2D eigenvalue weighted by molar-refractivity contribution is 0.0719. The summed E-state index contributed by atoms with van der Waals surface area (Å²) in [5, 5.41) is 4.50. The molecule has 39 heavy (non-hydrogen) atoms. The summed E-state index contributed by atoms with van der Waals surface area (Å²) in [7, 11) is -1.65. The van der Waals surface area contributed by atoms with E-state index in [1.165, 1.54) is 36.8 Å². The first kappa shape index (κ1) is 26.1. The van der Waals surface area contributed by atoms with Crippen molar-refractivity contribution in [2.75, 3.05) is 12.0 Å². The first-order valence-electron chi connectivity index (χ1n) is 10.9. The zero-order valence-corrected chi connectivity index (χ0v) is 21.2. The highest BCUT2D eigenvalue weighted by Crippen LogP contribution is 2.32. The van der Waals surface area contributed by atoms with Crippen LogP contribution in [0.5, 0.6) is 5.75 Å². The molecule has 0 aliphatic rings. The van der Waals surface area contributed by atoms with Crippen LogP contribution < -0.4 is 10.5 Å². The van der Waals surface area contributed by atoms with Crippen molar-refractivity contribution in [3.63, 3.8) is 0 Å². The van der Waals surface area contributed by atoms with Crippen LogP contribution in [0.1, 0.15) is 26.4 Å². The number of benzene rings is 2. The Hall–Kier alpha value is -4.49. The van der Waals surface area contributed by atoms with E-state index in [9.17, 15) is 22.6 Å². The lowest BCUT2D eigenvalue weighted by Gasteiger charge is -2.11. The molecule has 0 radical (unpaired) electrons. The summed E-state index contributed by atoms with van der Waals surface area (Å²) < 4.78 is 62.2. The normalized spacial score (nSPS) is 12.0. The molecule has 198 valence electrons. The van der Waals surface area contributed by atoms with Crippen LogP contribution >= 0.6 is 11.6 Å². The third-order valence-corrected chi connectivity index (χ3v) is 6.71. The number of carbonyl (C=O) groups excluding carboxylic acids is 2. The summed E-state index contributed by atoms with van der Waals surface area (Å²) in [5.41, 5.74) is 3.95. The van der Waals surface area contributed by atoms with Gasteiger partial charge in [0.1, 0.15) is 22.1 Å². The Morgan fingerprint density at radius 1 is 1.10 bits per heavy atom. The quantitative estimate of drug-likeness (QED) is 0.131. The van der Waals surface area contributed by atoms with Gasteiger partial charge in [0.15, 0.2) is 23.1 Å². The Morgan fingerprint density at radius 3 is 2.51 bits per heavy atom. The van der Waals surface area contributed by atoms with E-state index in [0.717, 1.165) is 22.9 Å². The largest absolute Gasteiger partial charge is 0.418 e. The van der Waals surface area contributed by atoms with Crippen molar-refractivity contribution in [3.8, 4) is 11.4 Å². The second kappa shape index (κ2) is 10.0. The maximum atomic E-state index is 15.5. The van der Waals surface area contributed by atoms with Gasteiger partial charge in [-0.15, -0.1) is 0 Å². The van der Waals surface area contributed by atoms with Gasteiger partial charge in [-0.3, -0.25) is 9.00 Å². The number of nitrogens with one attached hydrogen (secondary N) is 1. The van der Waals surface area contributed by atoms with Gasteiger partial charge in [0, 0.05) is 41.7 Å². The fraction of sp³-hybridized carbons (Fsp3) is 0.0400. The average Bonchev–Trinajstić information content (AvgIpc) is 3.53. The van der Waals surface area contributed by atoms with Crippen LogP contribution in [0.4, 0.5) is 18.9 Å². The number of hydrogen-bond donors (Lipinski definition) is 2. The van der Waals surface area contributed by atoms with Crippen LogP contribution in [0.3, 0.4) is 0 Å². The number of carbonyl (C=O) groups is 2. The fourth-order valence-electron chi connectivity index (χ4n) is 3.79. The Bertz CT molecular complexity index is 1820. The van der Waals surface area contributed by atoms with E-state index in [4.69, 9.17) is 22.1 Å². The van der Waals surface area contributed by atoms with E-state index < -0.39 is 62.7 Å². The monoisotopic (exact) mass is 573 g/mol. The third kappa shape index (κ3) is 4.77. The number of esters is 1. The minimum Gasteiger partial charge on any atom is -0.418 e. The van der Waals surface area contributed by atoms with Gasteiger partial charge in [-0.25, -0.2) is 27.6 Å². The van der Waals surface area contributed by atoms with E-state index in [1.54, 1.807) is 0 Å². The number of anilines is 1. The Kier molecular flexibility index (Phi) is 6.70. The van der Waals surface area contributed by atoms with Crippen LogP contribution in [0.2, 0.25) is 5.02 Å². The summed E-state index contributed by atoms with van der Waals surface area (Å²) in [5.74, 6) is -6.52. The molecule has 3 aromatic heterocycles. The van der Waals surface area contributed by atoms with Crippen LogP contribution in [0.25, 0.3) is 16.7 Å². The molecule has 1 unspecified atom stereocenters. The highest BCUT2D eigenvalue weighted by molar-refractivity contribution is 7.84. The molecule has 3 heterocycles. The number of H-pyrrole nitrogens is 1. The van der Waals surface area contributed by atoms with Gasteiger partial charge < -0.3 is 15.5 Å². The summed E-state index contributed by atoms with van der Waals surface area (Å²) >= 11 is 5.95. The molecule has 0 aliphatic heterocycles. The van der Waals surface area contributed by atoms with Crippen molar-refractivity contribution in [3.05, 3.63) is 94.2 Å². The third-order valence-electron chi connectivity index (χ3n) is 5.62. The molecule has 5 aromatic rings. The van der Waals surface area contributed by atoms with Gasteiger partial charge >= 0.3 is 5.97 Å². The molecule has 0 bridgehead atoms. The van der Waals surface area contributed by atoms with Crippen molar-refractivity contribution in [2.45, 2.75) is 5.03 Å². The summed E-state index contributed by atoms with van der Waals surface area (Å²) in [6, 6.07) is 8.22. The molecule has 0 fully saturated rings. The Labute approximate surface area is 224 Å². The predicted octanol–water partition coefficient (Wildman–Crippen LogP) is 4.59. The maximum Gasteiger partial charge on any atom is 0.364 e. The number of fused-ring (bicyclic) bond motifs is 1. The van der Waals surface area contributed by atoms with Crippen LogP contribution in [0, 0.1) is 17.5 Å². The van der Waals surface area contributed by atoms with E-state index in [0.29, 0.717) is 11.8 Å². The van der Waals surface area contributed by atoms with Gasteiger partial charge in [0.25, 0.3) is 0 Å². The number of aromatic amines is 1. The maximum absolute atomic E-state index is 15.5. The molecule has 14 heteroatoms. The smallest absolute Gasteiger partial charge is 0.364 e. The lowest BCUT2D eigenvalue weighted by Crippen LogP contribution is -2.15. The van der Waals surface area contributed by atoms with E-state index in [2.05, 4.69) is 15.1 Å². The zero-order chi connectivity index (χ0) is 28.0. The van der Waals surface area contributed by atoms with Gasteiger partial charge in [0.2, 0.25) is 5.78 Å². The number of nitrogens with zero attached hydrogens (tertiary/aromatic N) is 3. The second-order valence-electron chi connectivity index (χ2n) is 8.15. The number of pyridine rings is 1. The number of nitrogens with two attached hydrogens (primary N) is 1. The van der Waals surface area contributed by atoms with Crippen LogP contribution in [-0.4, -0.2) is 42.0 Å². The van der Waals surface area contributed by atoms with Crippen LogP contribution in [-0.2, 0) is 10.8 Å². The minimum absolute atomic E-state index is 0.0649. The second-order valence-corrected chi connectivity index (χ2v) is 9.91. The number of aromatic nitrogens is 4. The SMILES string of the molecule is CS(=O)c1cc(C(=O)Oc2cc(N)c(F)c(C(=O)c3c[nH]c4ncc(Cl)cc34)c2F)nn1-c1ccc(F)cc1. The van der Waals surface area contributed by atoms with Gasteiger partial charge in [0.05, 0.1) is 27.2 Å². The van der Waals surface area contributed by atoms with Gasteiger partial charge in [-0.2, -0.15) is 5.10 Å². The molecule has 0 spiro atoms. The molecule has 5 rings (SSSR count). The van der Waals surface area contributed by atoms with Gasteiger partial charge in [-0.05, 0) is 30.3 Å². The molecular formula is C25H15ClF3N5O4S. The lowest BCUT2D eigenvalue weighted by atomic mass is 10.0. The molecule has 0 aliphatic carbocycles. The Morgan fingerprint density at radius 2 is 1.82 bits per heavy atom. The molecule has 0 amide bonds. The van der Waals surface area contributed by atoms with E-state index in [-0.39, 0.29) is 26.6 Å². The van der Waals surface area contributed by atoms with Crippen molar-refractivity contribution < 1.29 is 31.7 Å². The molecular weight excluding hydrogens is 559 g/mol. The first-order valence-corrected chi connectivity index (χ1v) is 12.8. The number of ether oxygens (including phenoxy) is 1. The van der Waals surface area contributed by atoms with Crippen molar-refractivity contribution in [2.24, 2.45) is 0 Å². The van der Waals surface area contributed by atoms with E-state index >= 15 is 4.39 Å². The first-order chi connectivity index (χ1) is 18.5. The summed E-state index contributed by atoms with van der Waals surface area (Å²) in [4.78, 5) is 32.8. The molecule has 9 nitrogen and oxygen atoms in total. The number of ketones is 1. The summed E-state index contributed by atoms with van der Waals surface area (Å²) in [6.07, 6.45) is 3.86. The average molecular weight is 574 g/mol. The number of nitrogen functional groups attached to an aromatic ring is 1. The van der Waals surface area contributed by atoms with Crippen molar-refractivity contribution in [1.29, 1.82) is 0 Å². The number of halogens is 4. The molecule has 3 N–H and O–H groups in total. The summed E-state index contributed by atoms with van der Waals surface area (Å²) in [6.45, 7) is 0. The molecule has 2 aromatic carbocycles. The molecule has 0 saturated carbocycles. The predicted molar refractivity (Wildman–Crippen MR) is 136 cm³/mol. The zero-order valence-electron chi connectivity index (χ0n) is 19.7. The minimum atomic E-state index is -1.65.